The molecule has 0 aliphatic carbocycles. The van der Waals surface area contributed by atoms with Crippen LogP contribution in [0.4, 0.5) is 4.79 Å². The fraction of sp³-hybridized carbons (Fsp3) is 0.944. The normalized spacial score (nSPS) is 22.1. The number of urea groups is 1. The van der Waals surface area contributed by atoms with Crippen LogP contribution < -0.4 is 5.32 Å². The SMILES string of the molecule is CC(C)C1CCN(C(=O)NC2CCN(CCN(C)C)CC2)CC1. The summed E-state index contributed by atoms with van der Waals surface area (Å²) >= 11 is 0. The van der Waals surface area contributed by atoms with Gasteiger partial charge in [0.2, 0.25) is 0 Å². The Labute approximate surface area is 142 Å². The van der Waals surface area contributed by atoms with Crippen molar-refractivity contribution in [3.8, 4) is 0 Å². The quantitative estimate of drug-likeness (QED) is 0.842. The van der Waals surface area contributed by atoms with Crippen LogP contribution in [0, 0.1) is 11.8 Å². The van der Waals surface area contributed by atoms with Crippen molar-refractivity contribution in [2.45, 2.75) is 45.6 Å². The number of likely N-dealkylation sites (tertiary alicyclic amines) is 2. The van der Waals surface area contributed by atoms with Crippen LogP contribution in [0.25, 0.3) is 0 Å². The molecule has 2 saturated heterocycles. The number of nitrogens with zero attached hydrogens (tertiary/aromatic N) is 3. The molecule has 0 aromatic rings. The molecule has 134 valence electrons. The lowest BCUT2D eigenvalue weighted by Gasteiger charge is -2.37. The molecule has 0 spiro atoms. The van der Waals surface area contributed by atoms with Crippen molar-refractivity contribution in [3.05, 3.63) is 0 Å². The number of carbonyl (C=O) groups is 1. The molecule has 2 heterocycles. The van der Waals surface area contributed by atoms with Gasteiger partial charge in [0.05, 0.1) is 0 Å². The third kappa shape index (κ3) is 5.96. The third-order valence-electron chi connectivity index (χ3n) is 5.55. The van der Waals surface area contributed by atoms with Gasteiger partial charge in [0.15, 0.2) is 0 Å². The molecule has 23 heavy (non-hydrogen) atoms. The zero-order valence-corrected chi connectivity index (χ0v) is 15.6. The van der Waals surface area contributed by atoms with E-state index in [0.717, 1.165) is 76.8 Å². The van der Waals surface area contributed by atoms with Gasteiger partial charge in [-0.1, -0.05) is 13.8 Å². The predicted octanol–water partition coefficient (Wildman–Crippen LogP) is 2.09. The molecule has 1 N–H and O–H groups in total. The number of hydrogen-bond acceptors (Lipinski definition) is 3. The van der Waals surface area contributed by atoms with E-state index in [2.05, 4.69) is 43.1 Å². The Hall–Kier alpha value is -0.810. The molecule has 2 aliphatic rings. The maximum Gasteiger partial charge on any atom is 0.317 e. The number of likely N-dealkylation sites (N-methyl/N-ethyl adjacent to an activating group) is 1. The molecular weight excluding hydrogens is 288 g/mol. The van der Waals surface area contributed by atoms with Gasteiger partial charge >= 0.3 is 6.03 Å². The number of hydrogen-bond donors (Lipinski definition) is 1. The van der Waals surface area contributed by atoms with Gasteiger partial charge in [0, 0.05) is 45.3 Å². The fourth-order valence-electron chi connectivity index (χ4n) is 3.68. The summed E-state index contributed by atoms with van der Waals surface area (Å²) in [6.07, 6.45) is 4.49. The average Bonchev–Trinajstić information content (AvgIpc) is 2.54. The average molecular weight is 325 g/mol. The molecule has 5 nitrogen and oxygen atoms in total. The molecule has 0 atom stereocenters. The van der Waals surface area contributed by atoms with E-state index in [-0.39, 0.29) is 6.03 Å². The van der Waals surface area contributed by atoms with E-state index in [1.165, 1.54) is 0 Å². The number of piperidine rings is 2. The second-order valence-electron chi connectivity index (χ2n) is 7.94. The molecule has 2 rings (SSSR count). The number of carbonyl (C=O) groups excluding carboxylic acids is 1. The maximum atomic E-state index is 12.4. The van der Waals surface area contributed by atoms with Crippen molar-refractivity contribution in [3.63, 3.8) is 0 Å². The van der Waals surface area contributed by atoms with Crippen LogP contribution in [0.15, 0.2) is 0 Å². The molecule has 0 bridgehead atoms. The largest absolute Gasteiger partial charge is 0.335 e. The minimum atomic E-state index is 0.166. The van der Waals surface area contributed by atoms with E-state index in [9.17, 15) is 4.79 Å². The lowest BCUT2D eigenvalue weighted by Crippen LogP contribution is -2.51. The monoisotopic (exact) mass is 324 g/mol. The lowest BCUT2D eigenvalue weighted by atomic mass is 9.87. The van der Waals surface area contributed by atoms with E-state index in [0.29, 0.717) is 6.04 Å². The van der Waals surface area contributed by atoms with Crippen molar-refractivity contribution in [1.82, 2.24) is 20.0 Å². The molecule has 0 aromatic carbocycles. The molecule has 0 aromatic heterocycles. The lowest BCUT2D eigenvalue weighted by molar-refractivity contribution is 0.143. The third-order valence-corrected chi connectivity index (χ3v) is 5.55. The van der Waals surface area contributed by atoms with Gasteiger partial charge in [0.25, 0.3) is 0 Å². The minimum absolute atomic E-state index is 0.166. The van der Waals surface area contributed by atoms with E-state index >= 15 is 0 Å². The summed E-state index contributed by atoms with van der Waals surface area (Å²) in [6.45, 7) is 10.9. The molecule has 0 unspecified atom stereocenters. The van der Waals surface area contributed by atoms with Crippen LogP contribution in [0.2, 0.25) is 0 Å². The van der Waals surface area contributed by atoms with Crippen molar-refractivity contribution >= 4 is 6.03 Å². The summed E-state index contributed by atoms with van der Waals surface area (Å²) < 4.78 is 0. The minimum Gasteiger partial charge on any atom is -0.335 e. The summed E-state index contributed by atoms with van der Waals surface area (Å²) in [6, 6.07) is 0.528. The van der Waals surface area contributed by atoms with Crippen LogP contribution in [0.3, 0.4) is 0 Å². The summed E-state index contributed by atoms with van der Waals surface area (Å²) in [4.78, 5) is 19.2. The Bertz CT molecular complexity index is 356. The van der Waals surface area contributed by atoms with Crippen molar-refractivity contribution in [1.29, 1.82) is 0 Å². The Morgan fingerprint density at radius 2 is 1.70 bits per heavy atom. The van der Waals surface area contributed by atoms with Gasteiger partial charge in [-0.25, -0.2) is 4.79 Å². The first kappa shape index (κ1) is 18.5. The van der Waals surface area contributed by atoms with Gasteiger partial charge in [-0.3, -0.25) is 0 Å². The zero-order valence-electron chi connectivity index (χ0n) is 15.6. The zero-order chi connectivity index (χ0) is 16.8. The molecule has 0 radical (unpaired) electrons. The first-order chi connectivity index (χ1) is 11.0. The molecule has 5 heteroatoms. The van der Waals surface area contributed by atoms with Crippen molar-refractivity contribution < 1.29 is 4.79 Å². The highest BCUT2D eigenvalue weighted by Crippen LogP contribution is 2.24. The van der Waals surface area contributed by atoms with Gasteiger partial charge in [-0.15, -0.1) is 0 Å². The summed E-state index contributed by atoms with van der Waals surface area (Å²) in [5.74, 6) is 1.53. The van der Waals surface area contributed by atoms with E-state index < -0.39 is 0 Å². The molecular formula is C18H36N4O. The predicted molar refractivity (Wildman–Crippen MR) is 95.7 cm³/mol. The van der Waals surface area contributed by atoms with Crippen LogP contribution >= 0.6 is 0 Å². The summed E-state index contributed by atoms with van der Waals surface area (Å²) in [5, 5.41) is 3.27. The molecule has 2 aliphatic heterocycles. The number of amides is 2. The highest BCUT2D eigenvalue weighted by atomic mass is 16.2. The van der Waals surface area contributed by atoms with E-state index in [1.807, 2.05) is 4.90 Å². The van der Waals surface area contributed by atoms with Gasteiger partial charge in [0.1, 0.15) is 0 Å². The number of rotatable bonds is 5. The highest BCUT2D eigenvalue weighted by Gasteiger charge is 2.27. The van der Waals surface area contributed by atoms with Gasteiger partial charge in [-0.2, -0.15) is 0 Å². The van der Waals surface area contributed by atoms with E-state index in [1.54, 1.807) is 0 Å². The maximum absolute atomic E-state index is 12.4. The molecule has 2 fully saturated rings. The van der Waals surface area contributed by atoms with Crippen molar-refractivity contribution in [2.24, 2.45) is 11.8 Å². The number of nitrogens with one attached hydrogen (secondary N) is 1. The van der Waals surface area contributed by atoms with Gasteiger partial charge in [-0.05, 0) is 51.6 Å². The van der Waals surface area contributed by atoms with Crippen LogP contribution in [-0.2, 0) is 0 Å². The van der Waals surface area contributed by atoms with Crippen LogP contribution in [0.5, 0.6) is 0 Å². The Kier molecular flexibility index (Phi) is 7.15. The van der Waals surface area contributed by atoms with Crippen molar-refractivity contribution in [2.75, 3.05) is 53.4 Å². The van der Waals surface area contributed by atoms with Crippen LogP contribution in [-0.4, -0.2) is 80.1 Å². The van der Waals surface area contributed by atoms with Gasteiger partial charge < -0.3 is 20.0 Å². The first-order valence-corrected chi connectivity index (χ1v) is 9.38. The fourth-order valence-corrected chi connectivity index (χ4v) is 3.68. The first-order valence-electron chi connectivity index (χ1n) is 9.38. The second-order valence-corrected chi connectivity index (χ2v) is 7.94. The van der Waals surface area contributed by atoms with Crippen LogP contribution in [0.1, 0.15) is 39.5 Å². The highest BCUT2D eigenvalue weighted by molar-refractivity contribution is 5.74. The Balaban J connectivity index is 1.65. The molecule has 2 amide bonds. The standard InChI is InChI=1S/C18H36N4O/c1-15(2)16-5-11-22(12-6-16)18(23)19-17-7-9-21(10-8-17)14-13-20(3)4/h15-17H,5-14H2,1-4H3,(H,19,23). The summed E-state index contributed by atoms with van der Waals surface area (Å²) in [5.41, 5.74) is 0. The topological polar surface area (TPSA) is 38.8 Å². The second kappa shape index (κ2) is 8.88. The Morgan fingerprint density at radius 3 is 2.22 bits per heavy atom. The Morgan fingerprint density at radius 1 is 1.09 bits per heavy atom. The molecule has 0 saturated carbocycles. The smallest absolute Gasteiger partial charge is 0.317 e. The summed E-state index contributed by atoms with van der Waals surface area (Å²) in [7, 11) is 4.24. The van der Waals surface area contributed by atoms with E-state index in [4.69, 9.17) is 0 Å².